The standard InChI is InChI=1S/C9H10N4O2S/c1-5-4-15-9(11-5)16-7-3-6(14-2)12-8(10)13-7/h3-4H,1-2H3,(H2,10,12,13). The van der Waals surface area contributed by atoms with Gasteiger partial charge in [-0.05, 0) is 18.7 Å². The molecule has 0 bridgehead atoms. The Labute approximate surface area is 96.2 Å². The van der Waals surface area contributed by atoms with Crippen molar-refractivity contribution in [3.05, 3.63) is 18.0 Å². The van der Waals surface area contributed by atoms with Crippen molar-refractivity contribution in [2.24, 2.45) is 0 Å². The van der Waals surface area contributed by atoms with Crippen molar-refractivity contribution in [2.45, 2.75) is 17.2 Å². The lowest BCUT2D eigenvalue weighted by Gasteiger charge is -2.01. The van der Waals surface area contributed by atoms with Crippen LogP contribution in [0.15, 0.2) is 27.0 Å². The van der Waals surface area contributed by atoms with Crippen LogP contribution in [0, 0.1) is 6.92 Å². The first kappa shape index (κ1) is 10.7. The maximum atomic E-state index is 5.53. The van der Waals surface area contributed by atoms with Crippen molar-refractivity contribution in [3.63, 3.8) is 0 Å². The van der Waals surface area contributed by atoms with Crippen molar-refractivity contribution < 1.29 is 9.15 Å². The Bertz CT molecular complexity index is 500. The number of oxazole rings is 1. The second-order valence-electron chi connectivity index (χ2n) is 2.96. The SMILES string of the molecule is COc1cc(Sc2nc(C)co2)nc(N)n1. The second-order valence-corrected chi connectivity index (χ2v) is 3.94. The molecule has 2 aromatic heterocycles. The largest absolute Gasteiger partial charge is 0.481 e. The number of ether oxygens (including phenoxy) is 1. The third kappa shape index (κ3) is 2.43. The molecule has 0 saturated heterocycles. The van der Waals surface area contributed by atoms with Crippen LogP contribution < -0.4 is 10.5 Å². The van der Waals surface area contributed by atoms with Gasteiger partial charge in [0.2, 0.25) is 11.8 Å². The highest BCUT2D eigenvalue weighted by molar-refractivity contribution is 7.99. The molecule has 0 aliphatic carbocycles. The molecule has 7 heteroatoms. The fourth-order valence-corrected chi connectivity index (χ4v) is 1.81. The Hall–Kier alpha value is -1.76. The van der Waals surface area contributed by atoms with Gasteiger partial charge in [-0.3, -0.25) is 0 Å². The first-order chi connectivity index (χ1) is 7.67. The molecule has 0 aliphatic rings. The predicted octanol–water partition coefficient (Wildman–Crippen LogP) is 1.52. The van der Waals surface area contributed by atoms with Crippen molar-refractivity contribution in [1.82, 2.24) is 15.0 Å². The molecular weight excluding hydrogens is 228 g/mol. The van der Waals surface area contributed by atoms with Gasteiger partial charge in [0.25, 0.3) is 5.22 Å². The van der Waals surface area contributed by atoms with Gasteiger partial charge in [-0.15, -0.1) is 0 Å². The van der Waals surface area contributed by atoms with Crippen LogP contribution in [-0.2, 0) is 0 Å². The number of hydrogen-bond acceptors (Lipinski definition) is 7. The highest BCUT2D eigenvalue weighted by Crippen LogP contribution is 2.27. The Morgan fingerprint density at radius 1 is 1.38 bits per heavy atom. The molecule has 2 aromatic rings. The predicted molar refractivity (Wildman–Crippen MR) is 58.4 cm³/mol. The molecule has 0 radical (unpaired) electrons. The van der Waals surface area contributed by atoms with E-state index in [0.717, 1.165) is 5.69 Å². The summed E-state index contributed by atoms with van der Waals surface area (Å²) in [6, 6.07) is 1.67. The third-order valence-corrected chi connectivity index (χ3v) is 2.48. The summed E-state index contributed by atoms with van der Waals surface area (Å²) in [6.07, 6.45) is 1.57. The van der Waals surface area contributed by atoms with Crippen molar-refractivity contribution in [3.8, 4) is 5.88 Å². The molecular formula is C9H10N4O2S. The van der Waals surface area contributed by atoms with Crippen LogP contribution in [0.1, 0.15) is 5.69 Å². The zero-order valence-electron chi connectivity index (χ0n) is 8.80. The maximum Gasteiger partial charge on any atom is 0.262 e. The van der Waals surface area contributed by atoms with Crippen molar-refractivity contribution in [2.75, 3.05) is 12.8 Å². The van der Waals surface area contributed by atoms with Gasteiger partial charge in [-0.25, -0.2) is 9.97 Å². The summed E-state index contributed by atoms with van der Waals surface area (Å²) < 4.78 is 10.2. The molecule has 0 saturated carbocycles. The van der Waals surface area contributed by atoms with Crippen molar-refractivity contribution in [1.29, 1.82) is 0 Å². The number of nitrogens with two attached hydrogens (primary N) is 1. The van der Waals surface area contributed by atoms with Gasteiger partial charge >= 0.3 is 0 Å². The van der Waals surface area contributed by atoms with Gasteiger partial charge in [-0.2, -0.15) is 4.98 Å². The maximum absolute atomic E-state index is 5.53. The summed E-state index contributed by atoms with van der Waals surface area (Å²) in [5, 5.41) is 1.14. The number of anilines is 1. The monoisotopic (exact) mass is 238 g/mol. The minimum atomic E-state index is 0.158. The molecule has 6 nitrogen and oxygen atoms in total. The van der Waals surface area contributed by atoms with E-state index in [1.54, 1.807) is 12.3 Å². The Balaban J connectivity index is 2.24. The van der Waals surface area contributed by atoms with E-state index in [1.165, 1.54) is 18.9 Å². The number of methoxy groups -OCH3 is 1. The average molecular weight is 238 g/mol. The third-order valence-electron chi connectivity index (χ3n) is 1.70. The van der Waals surface area contributed by atoms with Crippen LogP contribution in [-0.4, -0.2) is 22.1 Å². The minimum absolute atomic E-state index is 0.158. The van der Waals surface area contributed by atoms with Gasteiger partial charge < -0.3 is 14.9 Å². The lowest BCUT2D eigenvalue weighted by atomic mass is 10.6. The number of nitrogen functional groups attached to an aromatic ring is 1. The molecule has 0 aromatic carbocycles. The molecule has 0 unspecified atom stereocenters. The van der Waals surface area contributed by atoms with Crippen LogP contribution in [0.5, 0.6) is 5.88 Å². The molecule has 2 N–H and O–H groups in total. The normalized spacial score (nSPS) is 10.4. The number of aromatic nitrogens is 3. The van der Waals surface area contributed by atoms with Crippen LogP contribution >= 0.6 is 11.8 Å². The van der Waals surface area contributed by atoms with E-state index in [2.05, 4.69) is 15.0 Å². The van der Waals surface area contributed by atoms with Crippen LogP contribution in [0.4, 0.5) is 5.95 Å². The number of hydrogen-bond donors (Lipinski definition) is 1. The van der Waals surface area contributed by atoms with Gasteiger partial charge in [-0.1, -0.05) is 0 Å². The fourth-order valence-electron chi connectivity index (χ4n) is 1.05. The Kier molecular flexibility index (Phi) is 2.95. The average Bonchev–Trinajstić information content (AvgIpc) is 2.63. The summed E-state index contributed by atoms with van der Waals surface area (Å²) in [5.74, 6) is 0.573. The number of nitrogens with zero attached hydrogens (tertiary/aromatic N) is 3. The van der Waals surface area contributed by atoms with Gasteiger partial charge in [0.1, 0.15) is 11.3 Å². The van der Waals surface area contributed by atoms with E-state index in [4.69, 9.17) is 14.9 Å². The van der Waals surface area contributed by atoms with E-state index in [-0.39, 0.29) is 5.95 Å². The molecule has 0 fully saturated rings. The molecule has 0 spiro atoms. The van der Waals surface area contributed by atoms with Crippen molar-refractivity contribution >= 4 is 17.7 Å². The molecule has 2 rings (SSSR count). The number of rotatable bonds is 3. The van der Waals surface area contributed by atoms with Crippen LogP contribution in [0.25, 0.3) is 0 Å². The van der Waals surface area contributed by atoms with E-state index in [9.17, 15) is 0 Å². The first-order valence-electron chi connectivity index (χ1n) is 4.46. The van der Waals surface area contributed by atoms with E-state index in [1.807, 2.05) is 6.92 Å². The van der Waals surface area contributed by atoms with Gasteiger partial charge in [0.15, 0.2) is 0 Å². The molecule has 16 heavy (non-hydrogen) atoms. The number of aryl methyl sites for hydroxylation is 1. The minimum Gasteiger partial charge on any atom is -0.481 e. The Morgan fingerprint density at radius 2 is 2.19 bits per heavy atom. The highest BCUT2D eigenvalue weighted by atomic mass is 32.2. The topological polar surface area (TPSA) is 87.1 Å². The lowest BCUT2D eigenvalue weighted by molar-refractivity contribution is 0.395. The molecule has 0 aliphatic heterocycles. The van der Waals surface area contributed by atoms with E-state index >= 15 is 0 Å². The molecule has 0 atom stereocenters. The van der Waals surface area contributed by atoms with E-state index in [0.29, 0.717) is 16.1 Å². The Morgan fingerprint density at radius 3 is 2.81 bits per heavy atom. The van der Waals surface area contributed by atoms with E-state index < -0.39 is 0 Å². The zero-order valence-corrected chi connectivity index (χ0v) is 9.61. The smallest absolute Gasteiger partial charge is 0.262 e. The lowest BCUT2D eigenvalue weighted by Crippen LogP contribution is -1.98. The quantitative estimate of drug-likeness (QED) is 0.811. The summed E-state index contributed by atoms with van der Waals surface area (Å²) in [5.41, 5.74) is 6.34. The summed E-state index contributed by atoms with van der Waals surface area (Å²) >= 11 is 1.26. The second kappa shape index (κ2) is 4.40. The summed E-state index contributed by atoms with van der Waals surface area (Å²) in [4.78, 5) is 12.1. The highest BCUT2D eigenvalue weighted by Gasteiger charge is 2.08. The zero-order chi connectivity index (χ0) is 11.5. The van der Waals surface area contributed by atoms with Crippen LogP contribution in [0.3, 0.4) is 0 Å². The van der Waals surface area contributed by atoms with Gasteiger partial charge in [0.05, 0.1) is 12.8 Å². The molecule has 84 valence electrons. The molecule has 2 heterocycles. The summed E-state index contributed by atoms with van der Waals surface area (Å²) in [7, 11) is 1.52. The fraction of sp³-hybridized carbons (Fsp3) is 0.222. The summed E-state index contributed by atoms with van der Waals surface area (Å²) in [6.45, 7) is 1.85. The molecule has 0 amide bonds. The van der Waals surface area contributed by atoms with Gasteiger partial charge in [0, 0.05) is 6.07 Å². The van der Waals surface area contributed by atoms with Crippen LogP contribution in [0.2, 0.25) is 0 Å². The first-order valence-corrected chi connectivity index (χ1v) is 5.27.